The minimum Gasteiger partial charge on any atom is -0.481 e. The third-order valence-corrected chi connectivity index (χ3v) is 5.07. The number of likely N-dealkylation sites (tertiary alicyclic amines) is 1. The second-order valence-corrected chi connectivity index (χ2v) is 6.56. The molecule has 0 radical (unpaired) electrons. The fourth-order valence-corrected chi connectivity index (χ4v) is 3.61. The van der Waals surface area contributed by atoms with E-state index in [2.05, 4.69) is 5.32 Å². The highest BCUT2D eigenvalue weighted by Crippen LogP contribution is 2.37. The number of carbonyl (C=O) groups is 2. The molecule has 2 aliphatic rings. The molecule has 132 valence electrons. The van der Waals surface area contributed by atoms with E-state index in [1.165, 1.54) is 11.8 Å². The fourth-order valence-electron chi connectivity index (χ4n) is 3.61. The number of hydrogen-bond acceptors (Lipinski definition) is 2. The van der Waals surface area contributed by atoms with Crippen LogP contribution in [0.5, 0.6) is 0 Å². The molecule has 2 fully saturated rings. The van der Waals surface area contributed by atoms with Crippen LogP contribution in [0.3, 0.4) is 0 Å². The van der Waals surface area contributed by atoms with Crippen LogP contribution in [-0.4, -0.2) is 46.8 Å². The van der Waals surface area contributed by atoms with Crippen molar-refractivity contribution in [2.75, 3.05) is 6.54 Å². The van der Waals surface area contributed by atoms with Gasteiger partial charge in [0, 0.05) is 18.6 Å². The number of aliphatic carboxylic acids is 1. The molecule has 1 aliphatic carbocycles. The van der Waals surface area contributed by atoms with Gasteiger partial charge in [-0.15, -0.1) is 0 Å². The zero-order valence-electron chi connectivity index (χ0n) is 13.1. The second kappa shape index (κ2) is 6.97. The Kier molecular flexibility index (Phi) is 5.41. The molecule has 1 aliphatic heterocycles. The quantitative estimate of drug-likeness (QED) is 0.814. The normalized spacial score (nSPS) is 32.4. The van der Waals surface area contributed by atoms with Crippen LogP contribution in [-0.2, 0) is 4.79 Å². The number of amides is 2. The van der Waals surface area contributed by atoms with E-state index in [0.717, 1.165) is 0 Å². The van der Waals surface area contributed by atoms with Gasteiger partial charge in [0.1, 0.15) is 0 Å². The van der Waals surface area contributed by atoms with Gasteiger partial charge in [0.15, 0.2) is 0 Å². The lowest BCUT2D eigenvalue weighted by atomic mass is 9.86. The third-order valence-electron chi connectivity index (χ3n) is 5.07. The van der Waals surface area contributed by atoms with E-state index < -0.39 is 30.1 Å². The number of carbonyl (C=O) groups excluding carboxylic acids is 1. The SMILES string of the molecule is CC1C(C(F)(F)F)CCCN1C(=O)NC1CCC(C(=O)O)CC1. The number of urea groups is 1. The molecule has 1 heterocycles. The van der Waals surface area contributed by atoms with E-state index >= 15 is 0 Å². The molecule has 2 unspecified atom stereocenters. The van der Waals surface area contributed by atoms with Gasteiger partial charge in [0.05, 0.1) is 11.8 Å². The first kappa shape index (κ1) is 17.9. The molecule has 23 heavy (non-hydrogen) atoms. The Morgan fingerprint density at radius 2 is 1.74 bits per heavy atom. The van der Waals surface area contributed by atoms with Gasteiger partial charge >= 0.3 is 18.2 Å². The minimum absolute atomic E-state index is 0.0537. The van der Waals surface area contributed by atoms with Crippen molar-refractivity contribution in [2.45, 2.75) is 63.7 Å². The maximum absolute atomic E-state index is 13.0. The van der Waals surface area contributed by atoms with Crippen molar-refractivity contribution in [2.24, 2.45) is 11.8 Å². The molecule has 0 aromatic rings. The van der Waals surface area contributed by atoms with Crippen molar-refractivity contribution in [1.29, 1.82) is 0 Å². The van der Waals surface area contributed by atoms with Crippen LogP contribution >= 0.6 is 0 Å². The van der Waals surface area contributed by atoms with E-state index in [-0.39, 0.29) is 18.4 Å². The summed E-state index contributed by atoms with van der Waals surface area (Å²) in [5.41, 5.74) is 0. The lowest BCUT2D eigenvalue weighted by Gasteiger charge is -2.41. The van der Waals surface area contributed by atoms with Gasteiger partial charge in [-0.2, -0.15) is 13.2 Å². The molecular formula is C15H23F3N2O3. The lowest BCUT2D eigenvalue weighted by molar-refractivity contribution is -0.195. The van der Waals surface area contributed by atoms with Crippen molar-refractivity contribution < 1.29 is 27.9 Å². The van der Waals surface area contributed by atoms with Crippen LogP contribution in [0.15, 0.2) is 0 Å². The predicted octanol–water partition coefficient (Wildman–Crippen LogP) is 3.00. The van der Waals surface area contributed by atoms with Crippen molar-refractivity contribution in [1.82, 2.24) is 10.2 Å². The molecule has 0 spiro atoms. The molecule has 8 heteroatoms. The van der Waals surface area contributed by atoms with Gasteiger partial charge in [-0.05, 0) is 45.4 Å². The first-order valence-electron chi connectivity index (χ1n) is 8.06. The van der Waals surface area contributed by atoms with Gasteiger partial charge in [0.2, 0.25) is 0 Å². The number of piperidine rings is 1. The number of alkyl halides is 3. The van der Waals surface area contributed by atoms with E-state index in [0.29, 0.717) is 38.6 Å². The summed E-state index contributed by atoms with van der Waals surface area (Å²) in [4.78, 5) is 24.5. The first-order valence-corrected chi connectivity index (χ1v) is 8.06. The molecule has 0 aromatic heterocycles. The fraction of sp³-hybridized carbons (Fsp3) is 0.867. The van der Waals surface area contributed by atoms with Gasteiger partial charge < -0.3 is 15.3 Å². The first-order chi connectivity index (χ1) is 10.7. The number of rotatable bonds is 2. The average molecular weight is 336 g/mol. The summed E-state index contributed by atoms with van der Waals surface area (Å²) in [6.45, 7) is 1.77. The Bertz CT molecular complexity index is 448. The summed E-state index contributed by atoms with van der Waals surface area (Å²) in [5, 5.41) is 11.7. The van der Waals surface area contributed by atoms with Crippen LogP contribution in [0.1, 0.15) is 45.4 Å². The topological polar surface area (TPSA) is 69.6 Å². The molecular weight excluding hydrogens is 313 g/mol. The molecule has 0 bridgehead atoms. The molecule has 2 N–H and O–H groups in total. The second-order valence-electron chi connectivity index (χ2n) is 6.56. The zero-order valence-corrected chi connectivity index (χ0v) is 13.1. The number of hydrogen-bond donors (Lipinski definition) is 2. The Balaban J connectivity index is 1.89. The van der Waals surface area contributed by atoms with E-state index in [1.54, 1.807) is 0 Å². The van der Waals surface area contributed by atoms with Gasteiger partial charge in [-0.1, -0.05) is 0 Å². The lowest BCUT2D eigenvalue weighted by Crippen LogP contribution is -2.55. The standard InChI is InChI=1S/C15H23F3N2O3/c1-9-12(15(16,17)18)3-2-8-20(9)14(23)19-11-6-4-10(5-7-11)13(21)22/h9-12H,2-8H2,1H3,(H,19,23)(H,21,22). The summed E-state index contributed by atoms with van der Waals surface area (Å²) >= 11 is 0. The van der Waals surface area contributed by atoms with Crippen molar-refractivity contribution in [3.8, 4) is 0 Å². The number of nitrogens with one attached hydrogen (secondary N) is 1. The summed E-state index contributed by atoms with van der Waals surface area (Å²) in [5.74, 6) is -2.69. The molecule has 1 saturated heterocycles. The van der Waals surface area contributed by atoms with Crippen LogP contribution < -0.4 is 5.32 Å². The monoisotopic (exact) mass is 336 g/mol. The molecule has 2 amide bonds. The number of nitrogens with zero attached hydrogens (tertiary/aromatic N) is 1. The summed E-state index contributed by atoms with van der Waals surface area (Å²) in [7, 11) is 0. The van der Waals surface area contributed by atoms with Gasteiger partial charge in [-0.3, -0.25) is 4.79 Å². The highest BCUT2D eigenvalue weighted by Gasteiger charge is 2.47. The molecule has 1 saturated carbocycles. The van der Waals surface area contributed by atoms with Crippen LogP contribution in [0.2, 0.25) is 0 Å². The van der Waals surface area contributed by atoms with Gasteiger partial charge in [-0.25, -0.2) is 4.79 Å². The highest BCUT2D eigenvalue weighted by atomic mass is 19.4. The third kappa shape index (κ3) is 4.29. The number of halogens is 3. The number of carboxylic acids is 1. The summed E-state index contributed by atoms with van der Waals surface area (Å²) in [6, 6.07) is -1.50. The van der Waals surface area contributed by atoms with Crippen LogP contribution in [0.4, 0.5) is 18.0 Å². The van der Waals surface area contributed by atoms with E-state index in [4.69, 9.17) is 5.11 Å². The highest BCUT2D eigenvalue weighted by molar-refractivity contribution is 5.75. The van der Waals surface area contributed by atoms with Crippen molar-refractivity contribution in [3.63, 3.8) is 0 Å². The molecule has 2 atom stereocenters. The van der Waals surface area contributed by atoms with E-state index in [9.17, 15) is 22.8 Å². The van der Waals surface area contributed by atoms with E-state index in [1.807, 2.05) is 0 Å². The van der Waals surface area contributed by atoms with Crippen molar-refractivity contribution in [3.05, 3.63) is 0 Å². The Morgan fingerprint density at radius 3 is 2.26 bits per heavy atom. The summed E-state index contributed by atoms with van der Waals surface area (Å²) in [6.07, 6.45) is -1.83. The maximum Gasteiger partial charge on any atom is 0.393 e. The zero-order chi connectivity index (χ0) is 17.2. The molecule has 2 rings (SSSR count). The Hall–Kier alpha value is -1.47. The van der Waals surface area contributed by atoms with Crippen LogP contribution in [0, 0.1) is 11.8 Å². The average Bonchev–Trinajstić information content (AvgIpc) is 2.46. The largest absolute Gasteiger partial charge is 0.481 e. The Labute approximate surface area is 133 Å². The minimum atomic E-state index is -4.29. The Morgan fingerprint density at radius 1 is 1.13 bits per heavy atom. The van der Waals surface area contributed by atoms with Crippen molar-refractivity contribution >= 4 is 12.0 Å². The van der Waals surface area contributed by atoms with Crippen LogP contribution in [0.25, 0.3) is 0 Å². The number of carboxylic acid groups (broad SMARTS) is 1. The summed E-state index contributed by atoms with van der Waals surface area (Å²) < 4.78 is 39.0. The molecule has 0 aromatic carbocycles. The molecule has 5 nitrogen and oxygen atoms in total. The van der Waals surface area contributed by atoms with Gasteiger partial charge in [0.25, 0.3) is 0 Å². The maximum atomic E-state index is 13.0. The predicted molar refractivity (Wildman–Crippen MR) is 76.9 cm³/mol. The smallest absolute Gasteiger partial charge is 0.393 e.